The number of nitrogens with one attached hydrogen (secondary N) is 1. The van der Waals surface area contributed by atoms with Crippen molar-refractivity contribution < 1.29 is 8.42 Å². The van der Waals surface area contributed by atoms with Crippen LogP contribution < -0.4 is 5.32 Å². The summed E-state index contributed by atoms with van der Waals surface area (Å²) in [5.74, 6) is 0.137. The Labute approximate surface area is 103 Å². The van der Waals surface area contributed by atoms with E-state index in [9.17, 15) is 8.42 Å². The Morgan fingerprint density at radius 3 is 2.53 bits per heavy atom. The van der Waals surface area contributed by atoms with Crippen LogP contribution in [0.25, 0.3) is 0 Å². The van der Waals surface area contributed by atoms with Crippen LogP contribution in [-0.4, -0.2) is 43.3 Å². The van der Waals surface area contributed by atoms with Gasteiger partial charge in [-0.3, -0.25) is 4.68 Å². The predicted molar refractivity (Wildman–Crippen MR) is 68.9 cm³/mol. The molecule has 5 nitrogen and oxygen atoms in total. The van der Waals surface area contributed by atoms with Crippen LogP contribution in [0.15, 0.2) is 12.3 Å². The molecule has 1 atom stereocenters. The minimum atomic E-state index is -2.96. The first kappa shape index (κ1) is 14.2. The van der Waals surface area contributed by atoms with Crippen LogP contribution in [-0.2, 0) is 16.3 Å². The summed E-state index contributed by atoms with van der Waals surface area (Å²) in [7, 11) is -1.19. The van der Waals surface area contributed by atoms with Crippen molar-refractivity contribution >= 4 is 9.84 Å². The van der Waals surface area contributed by atoms with Crippen LogP contribution in [0.1, 0.15) is 25.6 Å². The van der Waals surface area contributed by atoms with Crippen molar-refractivity contribution in [1.29, 1.82) is 0 Å². The van der Waals surface area contributed by atoms with E-state index in [-0.39, 0.29) is 11.8 Å². The van der Waals surface area contributed by atoms with Gasteiger partial charge < -0.3 is 5.32 Å². The van der Waals surface area contributed by atoms with Gasteiger partial charge in [0, 0.05) is 31.0 Å². The molecule has 0 saturated carbocycles. The van der Waals surface area contributed by atoms with Crippen LogP contribution in [0.3, 0.4) is 0 Å². The Kier molecular flexibility index (Phi) is 4.70. The van der Waals surface area contributed by atoms with Crippen LogP contribution in [0, 0.1) is 0 Å². The van der Waals surface area contributed by atoms with Gasteiger partial charge in [-0.15, -0.1) is 0 Å². The van der Waals surface area contributed by atoms with Crippen LogP contribution in [0.5, 0.6) is 0 Å². The molecule has 6 heteroatoms. The molecular formula is C11H21N3O2S. The topological polar surface area (TPSA) is 64.0 Å². The summed E-state index contributed by atoms with van der Waals surface area (Å²) in [5, 5.41) is 7.43. The Morgan fingerprint density at radius 1 is 1.47 bits per heavy atom. The molecule has 0 fully saturated rings. The average Bonchev–Trinajstić information content (AvgIpc) is 2.63. The van der Waals surface area contributed by atoms with E-state index in [1.807, 2.05) is 16.9 Å². The molecule has 1 heterocycles. The molecule has 1 rings (SSSR count). The van der Waals surface area contributed by atoms with E-state index in [4.69, 9.17) is 0 Å². The second-order valence-corrected chi connectivity index (χ2v) is 6.85. The zero-order chi connectivity index (χ0) is 13.1. The first-order chi connectivity index (χ1) is 7.81. The number of hydrogen-bond donors (Lipinski definition) is 1. The third kappa shape index (κ3) is 4.87. The maximum Gasteiger partial charge on any atom is 0.148 e. The molecule has 17 heavy (non-hydrogen) atoms. The van der Waals surface area contributed by atoms with E-state index in [1.165, 1.54) is 6.26 Å². The molecule has 0 radical (unpaired) electrons. The van der Waals surface area contributed by atoms with E-state index >= 15 is 0 Å². The summed E-state index contributed by atoms with van der Waals surface area (Å²) < 4.78 is 24.4. The van der Waals surface area contributed by atoms with Crippen molar-refractivity contribution in [3.05, 3.63) is 18.0 Å². The van der Waals surface area contributed by atoms with Gasteiger partial charge >= 0.3 is 0 Å². The van der Waals surface area contributed by atoms with Crippen LogP contribution in [0.4, 0.5) is 0 Å². The van der Waals surface area contributed by atoms with E-state index in [0.717, 1.165) is 5.69 Å². The molecule has 0 aliphatic heterocycles. The highest BCUT2D eigenvalue weighted by Gasteiger charge is 2.15. The lowest BCUT2D eigenvalue weighted by molar-refractivity contribution is 0.515. The molecule has 1 aromatic rings. The third-order valence-corrected chi connectivity index (χ3v) is 3.57. The maximum atomic E-state index is 11.2. The third-order valence-electron chi connectivity index (χ3n) is 2.56. The van der Waals surface area contributed by atoms with Crippen LogP contribution in [0.2, 0.25) is 0 Å². The molecule has 98 valence electrons. The normalized spacial score (nSPS) is 14.2. The quantitative estimate of drug-likeness (QED) is 0.814. The van der Waals surface area contributed by atoms with Crippen molar-refractivity contribution in [2.24, 2.45) is 0 Å². The highest BCUT2D eigenvalue weighted by Crippen LogP contribution is 2.07. The number of sulfone groups is 1. The number of rotatable bonds is 6. The largest absolute Gasteiger partial charge is 0.316 e. The Bertz CT molecular complexity index is 451. The van der Waals surface area contributed by atoms with Gasteiger partial charge in [0.05, 0.1) is 11.4 Å². The molecule has 0 aromatic carbocycles. The minimum absolute atomic E-state index is 0.0829. The Morgan fingerprint density at radius 2 is 2.12 bits per heavy atom. The SMILES string of the molecule is CNC(Cc1ccn(C(C)C)n1)CS(C)(=O)=O. The number of likely N-dealkylation sites (N-methyl/N-ethyl adjacent to an activating group) is 1. The second-order valence-electron chi connectivity index (χ2n) is 4.66. The molecule has 0 spiro atoms. The summed E-state index contributed by atoms with van der Waals surface area (Å²) in [6, 6.07) is 2.18. The first-order valence-electron chi connectivity index (χ1n) is 5.71. The summed E-state index contributed by atoms with van der Waals surface area (Å²) in [5.41, 5.74) is 0.918. The van der Waals surface area contributed by atoms with Gasteiger partial charge in [0.2, 0.25) is 0 Å². The lowest BCUT2D eigenvalue weighted by Crippen LogP contribution is -2.34. The molecular weight excluding hydrogens is 238 g/mol. The smallest absolute Gasteiger partial charge is 0.148 e. The minimum Gasteiger partial charge on any atom is -0.316 e. The number of aromatic nitrogens is 2. The van der Waals surface area contributed by atoms with E-state index < -0.39 is 9.84 Å². The Hall–Kier alpha value is -0.880. The molecule has 1 aromatic heterocycles. The molecule has 0 aliphatic rings. The van der Waals surface area contributed by atoms with Crippen molar-refractivity contribution in [3.8, 4) is 0 Å². The number of hydrogen-bond acceptors (Lipinski definition) is 4. The van der Waals surface area contributed by atoms with Gasteiger partial charge in [0.15, 0.2) is 0 Å². The fourth-order valence-electron chi connectivity index (χ4n) is 1.64. The highest BCUT2D eigenvalue weighted by atomic mass is 32.2. The van der Waals surface area contributed by atoms with Gasteiger partial charge in [-0.25, -0.2) is 8.42 Å². The Balaban J connectivity index is 2.67. The van der Waals surface area contributed by atoms with Gasteiger partial charge in [-0.1, -0.05) is 0 Å². The van der Waals surface area contributed by atoms with Gasteiger partial charge in [-0.2, -0.15) is 5.10 Å². The maximum absolute atomic E-state index is 11.2. The van der Waals surface area contributed by atoms with E-state index in [2.05, 4.69) is 24.3 Å². The van der Waals surface area contributed by atoms with Crippen molar-refractivity contribution in [2.75, 3.05) is 19.1 Å². The lowest BCUT2D eigenvalue weighted by atomic mass is 10.2. The zero-order valence-electron chi connectivity index (χ0n) is 10.8. The molecule has 0 bridgehead atoms. The summed E-state index contributed by atoms with van der Waals surface area (Å²) >= 11 is 0. The fraction of sp³-hybridized carbons (Fsp3) is 0.727. The van der Waals surface area contributed by atoms with Gasteiger partial charge in [0.25, 0.3) is 0 Å². The predicted octanol–water partition coefficient (Wildman–Crippen LogP) is 0.639. The average molecular weight is 259 g/mol. The van der Waals surface area contributed by atoms with Gasteiger partial charge in [0.1, 0.15) is 9.84 Å². The van der Waals surface area contributed by atoms with E-state index in [1.54, 1.807) is 7.05 Å². The molecule has 0 amide bonds. The highest BCUT2D eigenvalue weighted by molar-refractivity contribution is 7.90. The van der Waals surface area contributed by atoms with Crippen molar-refractivity contribution in [2.45, 2.75) is 32.4 Å². The van der Waals surface area contributed by atoms with Crippen molar-refractivity contribution in [1.82, 2.24) is 15.1 Å². The van der Waals surface area contributed by atoms with Gasteiger partial charge in [-0.05, 0) is 27.0 Å². The summed E-state index contributed by atoms with van der Waals surface area (Å²) in [4.78, 5) is 0. The monoisotopic (exact) mass is 259 g/mol. The zero-order valence-corrected chi connectivity index (χ0v) is 11.7. The lowest BCUT2D eigenvalue weighted by Gasteiger charge is -2.13. The molecule has 1 unspecified atom stereocenters. The summed E-state index contributed by atoms with van der Waals surface area (Å²) in [6.07, 6.45) is 3.81. The first-order valence-corrected chi connectivity index (χ1v) is 7.77. The molecule has 0 aliphatic carbocycles. The fourth-order valence-corrected chi connectivity index (χ4v) is 2.65. The second kappa shape index (κ2) is 5.64. The summed E-state index contributed by atoms with van der Waals surface area (Å²) in [6.45, 7) is 4.12. The number of nitrogens with zero attached hydrogens (tertiary/aromatic N) is 2. The molecule has 0 saturated heterocycles. The van der Waals surface area contributed by atoms with Crippen molar-refractivity contribution in [3.63, 3.8) is 0 Å². The van der Waals surface area contributed by atoms with Crippen LogP contribution >= 0.6 is 0 Å². The van der Waals surface area contributed by atoms with E-state index in [0.29, 0.717) is 12.5 Å². The standard InChI is InChI=1S/C11H21N3O2S/c1-9(2)14-6-5-10(13-14)7-11(12-3)8-17(4,15)16/h5-6,9,11-12H,7-8H2,1-4H3. The molecule has 1 N–H and O–H groups in total.